The van der Waals surface area contributed by atoms with Crippen molar-refractivity contribution in [1.29, 1.82) is 0 Å². The van der Waals surface area contributed by atoms with Gasteiger partial charge < -0.3 is 9.64 Å². The molecule has 3 nitrogen and oxygen atoms in total. The lowest BCUT2D eigenvalue weighted by atomic mass is 9.90. The second-order valence-corrected chi connectivity index (χ2v) is 6.71. The van der Waals surface area contributed by atoms with Gasteiger partial charge in [0.1, 0.15) is 0 Å². The zero-order valence-electron chi connectivity index (χ0n) is 12.4. The van der Waals surface area contributed by atoms with Crippen LogP contribution in [0.4, 0.5) is 0 Å². The van der Waals surface area contributed by atoms with Crippen LogP contribution in [-0.4, -0.2) is 61.8 Å². The molecule has 1 unspecified atom stereocenters. The Labute approximate surface area is 118 Å². The Balaban J connectivity index is 1.46. The summed E-state index contributed by atoms with van der Waals surface area (Å²) in [5, 5.41) is 0. The van der Waals surface area contributed by atoms with Gasteiger partial charge in [-0.2, -0.15) is 0 Å². The van der Waals surface area contributed by atoms with Crippen LogP contribution < -0.4 is 0 Å². The zero-order chi connectivity index (χ0) is 12.9. The van der Waals surface area contributed by atoms with E-state index < -0.39 is 0 Å². The zero-order valence-corrected chi connectivity index (χ0v) is 12.4. The molecule has 0 radical (unpaired) electrons. The van der Waals surface area contributed by atoms with Crippen molar-refractivity contribution in [3.05, 3.63) is 0 Å². The van der Waals surface area contributed by atoms with Crippen LogP contribution in [0, 0.1) is 5.92 Å². The number of hydrogen-bond acceptors (Lipinski definition) is 3. The third-order valence-electron chi connectivity index (χ3n) is 5.26. The molecule has 0 amide bonds. The van der Waals surface area contributed by atoms with E-state index in [9.17, 15) is 0 Å². The van der Waals surface area contributed by atoms with Gasteiger partial charge in [-0.15, -0.1) is 0 Å². The minimum atomic E-state index is 0.911. The Morgan fingerprint density at radius 3 is 2.42 bits per heavy atom. The first kappa shape index (κ1) is 13.8. The number of likely N-dealkylation sites (tertiary alicyclic amines) is 1. The van der Waals surface area contributed by atoms with Gasteiger partial charge >= 0.3 is 0 Å². The molecule has 2 saturated heterocycles. The normalized spacial score (nSPS) is 32.5. The van der Waals surface area contributed by atoms with Crippen molar-refractivity contribution in [2.24, 2.45) is 5.92 Å². The first-order chi connectivity index (χ1) is 9.42. The summed E-state index contributed by atoms with van der Waals surface area (Å²) in [4.78, 5) is 5.45. The van der Waals surface area contributed by atoms with E-state index in [1.807, 2.05) is 0 Å². The van der Waals surface area contributed by atoms with E-state index in [1.54, 1.807) is 0 Å². The Morgan fingerprint density at radius 1 is 0.842 bits per heavy atom. The highest BCUT2D eigenvalue weighted by Gasteiger charge is 2.28. The first-order valence-corrected chi connectivity index (χ1v) is 8.46. The van der Waals surface area contributed by atoms with Gasteiger partial charge in [-0.3, -0.25) is 4.90 Å². The molecule has 0 spiro atoms. The Morgan fingerprint density at radius 2 is 1.63 bits per heavy atom. The van der Waals surface area contributed by atoms with E-state index >= 15 is 0 Å². The van der Waals surface area contributed by atoms with Gasteiger partial charge in [0.25, 0.3) is 0 Å². The topological polar surface area (TPSA) is 15.7 Å². The van der Waals surface area contributed by atoms with Crippen LogP contribution in [0.1, 0.15) is 44.9 Å². The van der Waals surface area contributed by atoms with Gasteiger partial charge in [0, 0.05) is 32.2 Å². The highest BCUT2D eigenvalue weighted by molar-refractivity contribution is 4.83. The molecule has 1 saturated carbocycles. The molecule has 3 fully saturated rings. The molecule has 110 valence electrons. The van der Waals surface area contributed by atoms with E-state index in [-0.39, 0.29) is 0 Å². The minimum Gasteiger partial charge on any atom is -0.379 e. The van der Waals surface area contributed by atoms with Gasteiger partial charge in [0.2, 0.25) is 0 Å². The fourth-order valence-corrected chi connectivity index (χ4v) is 4.17. The van der Waals surface area contributed by atoms with E-state index in [0.29, 0.717) is 0 Å². The van der Waals surface area contributed by atoms with Crippen molar-refractivity contribution in [3.63, 3.8) is 0 Å². The quantitative estimate of drug-likeness (QED) is 0.780. The molecular formula is C16H30N2O. The van der Waals surface area contributed by atoms with Crippen molar-refractivity contribution >= 4 is 0 Å². The predicted octanol–water partition coefficient (Wildman–Crippen LogP) is 2.36. The Bertz CT molecular complexity index is 259. The molecule has 19 heavy (non-hydrogen) atoms. The maximum absolute atomic E-state index is 5.45. The molecule has 0 N–H and O–H groups in total. The Kier molecular flexibility index (Phi) is 5.14. The lowest BCUT2D eigenvalue weighted by Crippen LogP contribution is -2.47. The SMILES string of the molecule is C1CCC(N2CCCC(CN3CCOCC3)C2)CC1. The van der Waals surface area contributed by atoms with Crippen molar-refractivity contribution < 1.29 is 4.74 Å². The average molecular weight is 266 g/mol. The smallest absolute Gasteiger partial charge is 0.0594 e. The van der Waals surface area contributed by atoms with Gasteiger partial charge in [-0.25, -0.2) is 0 Å². The Hall–Kier alpha value is -0.120. The van der Waals surface area contributed by atoms with Crippen LogP contribution in [0.2, 0.25) is 0 Å². The van der Waals surface area contributed by atoms with Gasteiger partial charge in [0.15, 0.2) is 0 Å². The van der Waals surface area contributed by atoms with Crippen molar-refractivity contribution in [1.82, 2.24) is 9.80 Å². The standard InChI is InChI=1S/C16H30N2O/c1-2-6-16(7-3-1)18-8-4-5-15(14-18)13-17-9-11-19-12-10-17/h15-16H,1-14H2. The largest absolute Gasteiger partial charge is 0.379 e. The molecule has 1 atom stereocenters. The fourth-order valence-electron chi connectivity index (χ4n) is 4.17. The molecule has 3 aliphatic rings. The van der Waals surface area contributed by atoms with Gasteiger partial charge in [-0.05, 0) is 38.1 Å². The van der Waals surface area contributed by atoms with E-state index in [0.717, 1.165) is 38.3 Å². The van der Waals surface area contributed by atoms with Crippen LogP contribution in [0.3, 0.4) is 0 Å². The van der Waals surface area contributed by atoms with Crippen molar-refractivity contribution in [3.8, 4) is 0 Å². The number of rotatable bonds is 3. The third-order valence-corrected chi connectivity index (χ3v) is 5.26. The second kappa shape index (κ2) is 7.05. The number of piperidine rings is 1. The highest BCUT2D eigenvalue weighted by Crippen LogP contribution is 2.27. The molecule has 0 aromatic heterocycles. The maximum Gasteiger partial charge on any atom is 0.0594 e. The number of nitrogens with zero attached hydrogens (tertiary/aromatic N) is 2. The monoisotopic (exact) mass is 266 g/mol. The highest BCUT2D eigenvalue weighted by atomic mass is 16.5. The summed E-state index contributed by atoms with van der Waals surface area (Å²) in [5.41, 5.74) is 0. The van der Waals surface area contributed by atoms with Gasteiger partial charge in [0.05, 0.1) is 13.2 Å². The van der Waals surface area contributed by atoms with Gasteiger partial charge in [-0.1, -0.05) is 19.3 Å². The summed E-state index contributed by atoms with van der Waals surface area (Å²) in [5.74, 6) is 0.911. The maximum atomic E-state index is 5.45. The molecular weight excluding hydrogens is 236 g/mol. The third kappa shape index (κ3) is 3.93. The van der Waals surface area contributed by atoms with Crippen LogP contribution >= 0.6 is 0 Å². The summed E-state index contributed by atoms with van der Waals surface area (Å²) in [6.07, 6.45) is 10.2. The van der Waals surface area contributed by atoms with Crippen LogP contribution in [0.15, 0.2) is 0 Å². The van der Waals surface area contributed by atoms with E-state index in [1.165, 1.54) is 64.6 Å². The number of morpholine rings is 1. The summed E-state index contributed by atoms with van der Waals surface area (Å²) in [6.45, 7) is 8.23. The lowest BCUT2D eigenvalue weighted by Gasteiger charge is -2.41. The average Bonchev–Trinajstić information content (AvgIpc) is 2.49. The molecule has 1 aliphatic carbocycles. The molecule has 3 rings (SSSR count). The second-order valence-electron chi connectivity index (χ2n) is 6.71. The summed E-state index contributed by atoms with van der Waals surface area (Å²) >= 11 is 0. The molecule has 2 heterocycles. The van der Waals surface area contributed by atoms with Crippen LogP contribution in [0.25, 0.3) is 0 Å². The van der Waals surface area contributed by atoms with Crippen molar-refractivity contribution in [2.45, 2.75) is 51.0 Å². The summed E-state index contributed by atoms with van der Waals surface area (Å²) in [6, 6.07) is 0.918. The number of hydrogen-bond donors (Lipinski definition) is 0. The summed E-state index contributed by atoms with van der Waals surface area (Å²) < 4.78 is 5.45. The predicted molar refractivity (Wildman–Crippen MR) is 78.4 cm³/mol. The summed E-state index contributed by atoms with van der Waals surface area (Å²) in [7, 11) is 0. The molecule has 3 heteroatoms. The van der Waals surface area contributed by atoms with E-state index in [4.69, 9.17) is 4.74 Å². The fraction of sp³-hybridized carbons (Fsp3) is 1.00. The molecule has 0 aromatic rings. The molecule has 2 aliphatic heterocycles. The van der Waals surface area contributed by atoms with Crippen molar-refractivity contribution in [2.75, 3.05) is 45.9 Å². The lowest BCUT2D eigenvalue weighted by molar-refractivity contribution is 0.0174. The van der Waals surface area contributed by atoms with E-state index in [2.05, 4.69) is 9.80 Å². The number of ether oxygens (including phenoxy) is 1. The van der Waals surface area contributed by atoms with Crippen LogP contribution in [-0.2, 0) is 4.74 Å². The van der Waals surface area contributed by atoms with Crippen LogP contribution in [0.5, 0.6) is 0 Å². The molecule has 0 bridgehead atoms. The molecule has 0 aromatic carbocycles. The first-order valence-electron chi connectivity index (χ1n) is 8.46. The minimum absolute atomic E-state index is 0.911.